The van der Waals surface area contributed by atoms with Crippen LogP contribution in [0.25, 0.3) is 0 Å². The number of carbonyl (C=O) groups excluding carboxylic acids is 1. The number of aromatic nitrogens is 2. The van der Waals surface area contributed by atoms with Crippen molar-refractivity contribution in [1.29, 1.82) is 0 Å². The third kappa shape index (κ3) is 4.06. The molecule has 1 aromatic heterocycles. The number of carbonyl (C=O) groups is 1. The van der Waals surface area contributed by atoms with Gasteiger partial charge < -0.3 is 15.6 Å². The molecule has 1 atom stereocenters. The molecule has 1 amide bonds. The molecule has 0 fully saturated rings. The van der Waals surface area contributed by atoms with Gasteiger partial charge in [0.2, 0.25) is 11.8 Å². The molecule has 1 aromatic rings. The lowest BCUT2D eigenvalue weighted by Gasteiger charge is -2.18. The van der Waals surface area contributed by atoms with E-state index in [0.717, 1.165) is 0 Å². The number of hydrogen-bond acceptors (Lipinski definition) is 5. The molecule has 0 aliphatic rings. The second kappa shape index (κ2) is 6.44. The average Bonchev–Trinajstić information content (AvgIpc) is 2.63. The van der Waals surface area contributed by atoms with E-state index in [1.807, 2.05) is 13.8 Å². The van der Waals surface area contributed by atoms with Gasteiger partial charge in [0.05, 0.1) is 10.9 Å². The Morgan fingerprint density at radius 2 is 2.22 bits per heavy atom. The molecular formula is C11H18N4O2S. The molecule has 0 bridgehead atoms. The van der Waals surface area contributed by atoms with E-state index in [1.165, 1.54) is 0 Å². The molecule has 7 heteroatoms. The third-order valence-electron chi connectivity index (χ3n) is 2.46. The second-order valence-corrected chi connectivity index (χ2v) is 4.87. The summed E-state index contributed by atoms with van der Waals surface area (Å²) in [7, 11) is 0. The average molecular weight is 270 g/mol. The Hall–Kier alpha value is -1.50. The van der Waals surface area contributed by atoms with E-state index in [9.17, 15) is 4.79 Å². The highest BCUT2D eigenvalue weighted by Gasteiger charge is 2.24. The number of aryl methyl sites for hydroxylation is 1. The largest absolute Gasteiger partial charge is 0.393 e. The first-order chi connectivity index (χ1) is 8.41. The Bertz CT molecular complexity index is 430. The molecule has 0 aliphatic carbocycles. The Labute approximate surface area is 111 Å². The fraction of sp³-hybridized carbons (Fsp3) is 0.636. The molecule has 6 nitrogen and oxygen atoms in total. The summed E-state index contributed by atoms with van der Waals surface area (Å²) in [6.07, 6.45) is 0.495. The predicted molar refractivity (Wildman–Crippen MR) is 70.9 cm³/mol. The van der Waals surface area contributed by atoms with Crippen molar-refractivity contribution in [3.8, 4) is 0 Å². The van der Waals surface area contributed by atoms with Gasteiger partial charge >= 0.3 is 0 Å². The van der Waals surface area contributed by atoms with Crippen molar-refractivity contribution in [3.05, 3.63) is 11.7 Å². The Balaban J connectivity index is 2.43. The Kier molecular flexibility index (Phi) is 5.21. The van der Waals surface area contributed by atoms with E-state index >= 15 is 0 Å². The van der Waals surface area contributed by atoms with Crippen LogP contribution in [0.2, 0.25) is 0 Å². The molecule has 0 aliphatic heterocycles. The van der Waals surface area contributed by atoms with Crippen LogP contribution in [0.4, 0.5) is 0 Å². The van der Waals surface area contributed by atoms with Crippen molar-refractivity contribution in [2.45, 2.75) is 27.2 Å². The van der Waals surface area contributed by atoms with Gasteiger partial charge in [-0.1, -0.05) is 31.2 Å². The van der Waals surface area contributed by atoms with E-state index in [4.69, 9.17) is 22.5 Å². The number of amides is 1. The second-order valence-electron chi connectivity index (χ2n) is 4.40. The maximum atomic E-state index is 11.9. The minimum atomic E-state index is -0.440. The zero-order valence-electron chi connectivity index (χ0n) is 10.8. The van der Waals surface area contributed by atoms with Crippen LogP contribution in [-0.4, -0.2) is 27.6 Å². The van der Waals surface area contributed by atoms with Gasteiger partial charge in [0.15, 0.2) is 5.82 Å². The summed E-state index contributed by atoms with van der Waals surface area (Å²) in [5, 5.41) is 6.44. The van der Waals surface area contributed by atoms with Gasteiger partial charge in [-0.2, -0.15) is 4.98 Å². The summed E-state index contributed by atoms with van der Waals surface area (Å²) in [4.78, 5) is 16.1. The van der Waals surface area contributed by atoms with Gasteiger partial charge in [0.25, 0.3) is 0 Å². The summed E-state index contributed by atoms with van der Waals surface area (Å²) in [6.45, 7) is 5.98. The van der Waals surface area contributed by atoms with Gasteiger partial charge in [0.1, 0.15) is 0 Å². The maximum absolute atomic E-state index is 11.9. The van der Waals surface area contributed by atoms with Crippen LogP contribution in [0.5, 0.6) is 0 Å². The Morgan fingerprint density at radius 3 is 2.67 bits per heavy atom. The number of nitrogens with zero attached hydrogens (tertiary/aromatic N) is 2. The normalized spacial score (nSPS) is 12.4. The van der Waals surface area contributed by atoms with Crippen LogP contribution in [0.1, 0.15) is 25.6 Å². The lowest BCUT2D eigenvalue weighted by atomic mass is 9.95. The van der Waals surface area contributed by atoms with E-state index in [1.54, 1.807) is 6.92 Å². The van der Waals surface area contributed by atoms with Gasteiger partial charge in [0, 0.05) is 13.0 Å². The minimum absolute atomic E-state index is 0.0770. The van der Waals surface area contributed by atoms with Crippen molar-refractivity contribution in [2.75, 3.05) is 6.54 Å². The molecule has 1 heterocycles. The third-order valence-corrected chi connectivity index (χ3v) is 2.72. The molecule has 0 saturated heterocycles. The Morgan fingerprint density at radius 1 is 1.56 bits per heavy atom. The van der Waals surface area contributed by atoms with Crippen LogP contribution < -0.4 is 11.1 Å². The molecule has 18 heavy (non-hydrogen) atoms. The first kappa shape index (κ1) is 14.6. The minimum Gasteiger partial charge on any atom is -0.393 e. The first-order valence-electron chi connectivity index (χ1n) is 5.78. The van der Waals surface area contributed by atoms with Gasteiger partial charge in [-0.15, -0.1) is 0 Å². The molecule has 1 unspecified atom stereocenters. The summed E-state index contributed by atoms with van der Waals surface area (Å²) in [6, 6.07) is 0. The van der Waals surface area contributed by atoms with E-state index in [0.29, 0.717) is 24.7 Å². The molecule has 1 rings (SSSR count). The smallest absolute Gasteiger partial charge is 0.230 e. The van der Waals surface area contributed by atoms with Crippen molar-refractivity contribution in [3.63, 3.8) is 0 Å². The molecule has 0 spiro atoms. The van der Waals surface area contributed by atoms with Crippen LogP contribution >= 0.6 is 12.2 Å². The fourth-order valence-electron chi connectivity index (χ4n) is 1.60. The lowest BCUT2D eigenvalue weighted by Crippen LogP contribution is -2.41. The quantitative estimate of drug-likeness (QED) is 0.735. The number of hydrogen-bond donors (Lipinski definition) is 2. The fourth-order valence-corrected chi connectivity index (χ4v) is 1.98. The van der Waals surface area contributed by atoms with Crippen molar-refractivity contribution in [1.82, 2.24) is 15.5 Å². The molecule has 3 N–H and O–H groups in total. The van der Waals surface area contributed by atoms with Gasteiger partial charge in [-0.25, -0.2) is 0 Å². The molecule has 0 saturated carbocycles. The van der Waals surface area contributed by atoms with Crippen molar-refractivity contribution in [2.24, 2.45) is 17.6 Å². The van der Waals surface area contributed by atoms with Crippen LogP contribution in [0, 0.1) is 18.8 Å². The van der Waals surface area contributed by atoms with Crippen molar-refractivity contribution >= 4 is 23.1 Å². The van der Waals surface area contributed by atoms with Crippen molar-refractivity contribution < 1.29 is 9.32 Å². The molecular weight excluding hydrogens is 252 g/mol. The van der Waals surface area contributed by atoms with Crippen LogP contribution in [0.3, 0.4) is 0 Å². The van der Waals surface area contributed by atoms with E-state index in [-0.39, 0.29) is 16.8 Å². The predicted octanol–water partition coefficient (Wildman–Crippen LogP) is 0.595. The SMILES string of the molecule is Cc1noc(CCNC(=O)C(C(N)=S)C(C)C)n1. The highest BCUT2D eigenvalue weighted by Crippen LogP contribution is 2.11. The summed E-state index contributed by atoms with van der Waals surface area (Å²) in [5.74, 6) is 0.565. The topological polar surface area (TPSA) is 94.0 Å². The zero-order chi connectivity index (χ0) is 13.7. The van der Waals surface area contributed by atoms with Crippen LogP contribution in [-0.2, 0) is 11.2 Å². The van der Waals surface area contributed by atoms with Gasteiger partial charge in [-0.3, -0.25) is 4.79 Å². The first-order valence-corrected chi connectivity index (χ1v) is 6.19. The van der Waals surface area contributed by atoms with E-state index < -0.39 is 5.92 Å². The number of nitrogens with one attached hydrogen (secondary N) is 1. The highest BCUT2D eigenvalue weighted by atomic mass is 32.1. The summed E-state index contributed by atoms with van der Waals surface area (Å²) in [5.41, 5.74) is 5.55. The number of nitrogens with two attached hydrogens (primary N) is 1. The highest BCUT2D eigenvalue weighted by molar-refractivity contribution is 7.80. The summed E-state index contributed by atoms with van der Waals surface area (Å²) < 4.78 is 4.94. The monoisotopic (exact) mass is 270 g/mol. The standard InChI is InChI=1S/C11H18N4O2S/c1-6(2)9(10(12)18)11(16)13-5-4-8-14-7(3)15-17-8/h6,9H,4-5H2,1-3H3,(H2,12,18)(H,13,16). The molecule has 0 aromatic carbocycles. The lowest BCUT2D eigenvalue weighted by molar-refractivity contribution is -0.123. The summed E-state index contributed by atoms with van der Waals surface area (Å²) >= 11 is 4.89. The number of rotatable bonds is 6. The molecule has 100 valence electrons. The number of thiocarbonyl (C=S) groups is 1. The van der Waals surface area contributed by atoms with Crippen LogP contribution in [0.15, 0.2) is 4.52 Å². The molecule has 0 radical (unpaired) electrons. The maximum Gasteiger partial charge on any atom is 0.230 e. The van der Waals surface area contributed by atoms with Gasteiger partial charge in [-0.05, 0) is 12.8 Å². The van der Waals surface area contributed by atoms with E-state index in [2.05, 4.69) is 15.5 Å². The zero-order valence-corrected chi connectivity index (χ0v) is 11.6.